The fourth-order valence-electron chi connectivity index (χ4n) is 1.49. The molecule has 6 heteroatoms. The summed E-state index contributed by atoms with van der Waals surface area (Å²) in [6, 6.07) is 8.08. The molecular formula is C12H15N3OS2. The highest BCUT2D eigenvalue weighted by atomic mass is 32.2. The van der Waals surface area contributed by atoms with Crippen LogP contribution >= 0.6 is 23.1 Å². The van der Waals surface area contributed by atoms with E-state index in [9.17, 15) is 4.79 Å². The minimum absolute atomic E-state index is 0.0695. The first-order valence-corrected chi connectivity index (χ1v) is 7.65. The highest BCUT2D eigenvalue weighted by Gasteiger charge is 2.09. The summed E-state index contributed by atoms with van der Waals surface area (Å²) in [7, 11) is 1.95. The van der Waals surface area contributed by atoms with Crippen LogP contribution in [-0.4, -0.2) is 22.0 Å². The van der Waals surface area contributed by atoms with Gasteiger partial charge in [0.1, 0.15) is 0 Å². The van der Waals surface area contributed by atoms with E-state index in [1.807, 2.05) is 49.1 Å². The molecule has 2 rings (SSSR count). The van der Waals surface area contributed by atoms with Crippen LogP contribution in [0, 0.1) is 0 Å². The van der Waals surface area contributed by atoms with E-state index >= 15 is 0 Å². The SMILES string of the molecule is CSC(C)C(=O)N/N=c1\sc2ccccc2n1C. The predicted molar refractivity (Wildman–Crippen MR) is 77.5 cm³/mol. The largest absolute Gasteiger partial charge is 0.318 e. The zero-order valence-corrected chi connectivity index (χ0v) is 12.1. The van der Waals surface area contributed by atoms with Crippen molar-refractivity contribution < 1.29 is 4.79 Å². The van der Waals surface area contributed by atoms with E-state index in [1.165, 1.54) is 11.8 Å². The van der Waals surface area contributed by atoms with Crippen LogP contribution in [0.15, 0.2) is 29.4 Å². The van der Waals surface area contributed by atoms with Crippen molar-refractivity contribution in [3.63, 3.8) is 0 Å². The second-order valence-corrected chi connectivity index (χ2v) is 6.06. The molecule has 0 aliphatic rings. The van der Waals surface area contributed by atoms with E-state index in [0.29, 0.717) is 0 Å². The Morgan fingerprint density at radius 1 is 1.50 bits per heavy atom. The van der Waals surface area contributed by atoms with Crippen molar-refractivity contribution >= 4 is 39.2 Å². The average molecular weight is 281 g/mol. The number of amides is 1. The predicted octanol–water partition coefficient (Wildman–Crippen LogP) is 1.92. The number of benzene rings is 1. The van der Waals surface area contributed by atoms with Crippen LogP contribution in [0.2, 0.25) is 0 Å². The minimum Gasteiger partial charge on any atom is -0.318 e. The van der Waals surface area contributed by atoms with Gasteiger partial charge in [-0.15, -0.1) is 5.10 Å². The van der Waals surface area contributed by atoms with E-state index in [-0.39, 0.29) is 11.2 Å². The lowest BCUT2D eigenvalue weighted by atomic mass is 10.3. The summed E-state index contributed by atoms with van der Waals surface area (Å²) in [6.45, 7) is 1.86. The Balaban J connectivity index is 2.31. The highest BCUT2D eigenvalue weighted by molar-refractivity contribution is 7.99. The van der Waals surface area contributed by atoms with Crippen molar-refractivity contribution in [1.29, 1.82) is 0 Å². The molecule has 2 aromatic rings. The fourth-order valence-corrected chi connectivity index (χ4v) is 2.74. The van der Waals surface area contributed by atoms with Crippen molar-refractivity contribution in [3.8, 4) is 0 Å². The van der Waals surface area contributed by atoms with Crippen molar-refractivity contribution in [2.75, 3.05) is 6.26 Å². The molecule has 1 aromatic heterocycles. The van der Waals surface area contributed by atoms with Crippen LogP contribution in [0.4, 0.5) is 0 Å². The number of rotatable bonds is 3. The monoisotopic (exact) mass is 281 g/mol. The van der Waals surface area contributed by atoms with E-state index < -0.39 is 0 Å². The Kier molecular flexibility index (Phi) is 4.08. The smallest absolute Gasteiger partial charge is 0.252 e. The molecule has 0 saturated heterocycles. The van der Waals surface area contributed by atoms with Crippen LogP contribution in [0.25, 0.3) is 10.2 Å². The number of hydrogen-bond donors (Lipinski definition) is 1. The summed E-state index contributed by atoms with van der Waals surface area (Å²) in [6.07, 6.45) is 1.91. The number of thiazole rings is 1. The molecule has 0 spiro atoms. The van der Waals surface area contributed by atoms with E-state index in [4.69, 9.17) is 0 Å². The Morgan fingerprint density at radius 2 is 2.22 bits per heavy atom. The molecule has 0 radical (unpaired) electrons. The molecule has 18 heavy (non-hydrogen) atoms. The first-order valence-electron chi connectivity index (χ1n) is 5.54. The second-order valence-electron chi connectivity index (χ2n) is 3.88. The van der Waals surface area contributed by atoms with Crippen LogP contribution in [-0.2, 0) is 11.8 Å². The second kappa shape index (κ2) is 5.58. The molecule has 0 aliphatic heterocycles. The summed E-state index contributed by atoms with van der Waals surface area (Å²) < 4.78 is 3.13. The lowest BCUT2D eigenvalue weighted by molar-refractivity contribution is -0.120. The molecule has 1 atom stereocenters. The third kappa shape index (κ3) is 2.59. The number of carbonyl (C=O) groups excluding carboxylic acids is 1. The molecule has 1 N–H and O–H groups in total. The summed E-state index contributed by atoms with van der Waals surface area (Å²) in [5, 5.41) is 4.09. The van der Waals surface area contributed by atoms with Gasteiger partial charge in [-0.25, -0.2) is 5.43 Å². The Morgan fingerprint density at radius 3 is 2.89 bits per heavy atom. The lowest BCUT2D eigenvalue weighted by Crippen LogP contribution is -2.29. The van der Waals surface area contributed by atoms with Crippen molar-refractivity contribution in [2.45, 2.75) is 12.2 Å². The van der Waals surface area contributed by atoms with Gasteiger partial charge in [-0.1, -0.05) is 23.5 Å². The third-order valence-electron chi connectivity index (χ3n) is 2.70. The van der Waals surface area contributed by atoms with Gasteiger partial charge < -0.3 is 4.57 Å². The Labute approximate surface area is 114 Å². The Bertz CT molecular complexity index is 630. The van der Waals surface area contributed by atoms with Crippen molar-refractivity contribution in [2.24, 2.45) is 12.1 Å². The topological polar surface area (TPSA) is 46.4 Å². The van der Waals surface area contributed by atoms with Gasteiger partial charge in [0.25, 0.3) is 5.91 Å². The van der Waals surface area contributed by atoms with Crippen molar-refractivity contribution in [3.05, 3.63) is 29.1 Å². The van der Waals surface area contributed by atoms with Gasteiger partial charge in [-0.05, 0) is 25.3 Å². The van der Waals surface area contributed by atoms with E-state index in [1.54, 1.807) is 11.3 Å². The van der Waals surface area contributed by atoms with Crippen LogP contribution < -0.4 is 10.2 Å². The zero-order chi connectivity index (χ0) is 13.1. The summed E-state index contributed by atoms with van der Waals surface area (Å²) in [4.78, 5) is 12.4. The average Bonchev–Trinajstić information content (AvgIpc) is 2.72. The number of aryl methyl sites for hydroxylation is 1. The zero-order valence-electron chi connectivity index (χ0n) is 10.5. The molecule has 96 valence electrons. The fraction of sp³-hybridized carbons (Fsp3) is 0.333. The van der Waals surface area contributed by atoms with Gasteiger partial charge >= 0.3 is 0 Å². The molecule has 1 unspecified atom stereocenters. The van der Waals surface area contributed by atoms with Gasteiger partial charge in [0.15, 0.2) is 0 Å². The maximum absolute atomic E-state index is 11.6. The summed E-state index contributed by atoms with van der Waals surface area (Å²) in [5.74, 6) is -0.0695. The number of aromatic nitrogens is 1. The van der Waals surface area contributed by atoms with Gasteiger partial charge in [0.05, 0.1) is 15.5 Å². The molecule has 0 fully saturated rings. The normalized spacial score (nSPS) is 13.8. The van der Waals surface area contributed by atoms with Crippen LogP contribution in [0.5, 0.6) is 0 Å². The summed E-state index contributed by atoms with van der Waals surface area (Å²) >= 11 is 3.06. The number of hydrogen-bond acceptors (Lipinski definition) is 4. The number of thioether (sulfide) groups is 1. The minimum atomic E-state index is -0.0894. The number of para-hydroxylation sites is 1. The number of carbonyl (C=O) groups is 1. The van der Waals surface area contributed by atoms with Gasteiger partial charge in [-0.2, -0.15) is 11.8 Å². The molecule has 0 saturated carbocycles. The first-order chi connectivity index (χ1) is 8.63. The van der Waals surface area contributed by atoms with Gasteiger partial charge in [0, 0.05) is 7.05 Å². The molecular weight excluding hydrogens is 266 g/mol. The summed E-state index contributed by atoms with van der Waals surface area (Å²) in [5.41, 5.74) is 3.73. The quantitative estimate of drug-likeness (QED) is 0.874. The Hall–Kier alpha value is -1.27. The van der Waals surface area contributed by atoms with Gasteiger partial charge in [0.2, 0.25) is 4.80 Å². The number of fused-ring (bicyclic) bond motifs is 1. The molecule has 0 bridgehead atoms. The van der Waals surface area contributed by atoms with Crippen LogP contribution in [0.3, 0.4) is 0 Å². The van der Waals surface area contributed by atoms with Crippen molar-refractivity contribution in [1.82, 2.24) is 9.99 Å². The lowest BCUT2D eigenvalue weighted by Gasteiger charge is -2.04. The molecule has 1 aromatic carbocycles. The van der Waals surface area contributed by atoms with E-state index in [0.717, 1.165) is 15.0 Å². The molecule has 1 amide bonds. The molecule has 1 heterocycles. The maximum Gasteiger partial charge on any atom is 0.252 e. The van der Waals surface area contributed by atoms with Gasteiger partial charge in [-0.3, -0.25) is 4.79 Å². The number of nitrogens with one attached hydrogen (secondary N) is 1. The third-order valence-corrected chi connectivity index (χ3v) is 4.73. The number of nitrogens with zero attached hydrogens (tertiary/aromatic N) is 2. The molecule has 0 aliphatic carbocycles. The van der Waals surface area contributed by atoms with Crippen LogP contribution in [0.1, 0.15) is 6.92 Å². The molecule has 4 nitrogen and oxygen atoms in total. The maximum atomic E-state index is 11.6. The first kappa shape index (κ1) is 13.2. The highest BCUT2D eigenvalue weighted by Crippen LogP contribution is 2.14. The van der Waals surface area contributed by atoms with E-state index in [2.05, 4.69) is 10.5 Å². The standard InChI is InChI=1S/C12H15N3OS2/c1-8(17-3)11(16)13-14-12-15(2)9-6-4-5-7-10(9)18-12/h4-8H,1-3H3,(H,13,16)/b14-12-.